The van der Waals surface area contributed by atoms with Crippen LogP contribution in [0.4, 0.5) is 18.9 Å². The first-order valence-corrected chi connectivity index (χ1v) is 10.0. The van der Waals surface area contributed by atoms with E-state index in [1.165, 1.54) is 23.5 Å². The Morgan fingerprint density at radius 3 is 2.43 bits per heavy atom. The first-order valence-electron chi connectivity index (χ1n) is 9.15. The molecule has 1 aromatic heterocycles. The molecule has 2 heterocycles. The van der Waals surface area contributed by atoms with Gasteiger partial charge < -0.3 is 14.8 Å². The van der Waals surface area contributed by atoms with E-state index < -0.39 is 18.2 Å². The standard InChI is InChI=1S/C20H19F3N2O4S/c1-2-28-11-4-10-25-18(26)16(15-5-3-12-30-15)17(19(25)27)24-13-6-8-14(9-7-13)29-20(21,22)23/h3,5-9,12,24H,2,4,10-11H2,1H3. The third-order valence-electron chi connectivity index (χ3n) is 4.17. The van der Waals surface area contributed by atoms with Gasteiger partial charge in [0.25, 0.3) is 11.8 Å². The number of anilines is 1. The number of thiophene rings is 1. The lowest BCUT2D eigenvalue weighted by Crippen LogP contribution is -2.33. The average molecular weight is 440 g/mol. The Kier molecular flexibility index (Phi) is 6.78. The van der Waals surface area contributed by atoms with Gasteiger partial charge in [0, 0.05) is 30.3 Å². The molecular formula is C20H19F3N2O4S. The molecule has 0 saturated heterocycles. The molecule has 0 fully saturated rings. The fraction of sp³-hybridized carbons (Fsp3) is 0.300. The molecule has 0 aliphatic carbocycles. The lowest BCUT2D eigenvalue weighted by atomic mass is 10.2. The van der Waals surface area contributed by atoms with Gasteiger partial charge in [-0.1, -0.05) is 6.07 Å². The number of benzene rings is 1. The topological polar surface area (TPSA) is 67.9 Å². The van der Waals surface area contributed by atoms with Gasteiger partial charge in [0.05, 0.1) is 5.57 Å². The largest absolute Gasteiger partial charge is 0.573 e. The van der Waals surface area contributed by atoms with E-state index in [9.17, 15) is 22.8 Å². The minimum absolute atomic E-state index is 0.0864. The first-order chi connectivity index (χ1) is 14.3. The zero-order valence-corrected chi connectivity index (χ0v) is 16.8. The minimum Gasteiger partial charge on any atom is -0.406 e. The Morgan fingerprint density at radius 1 is 1.10 bits per heavy atom. The molecule has 0 bridgehead atoms. The number of carbonyl (C=O) groups excluding carboxylic acids is 2. The molecule has 0 unspecified atom stereocenters. The monoisotopic (exact) mass is 440 g/mol. The zero-order valence-electron chi connectivity index (χ0n) is 16.0. The summed E-state index contributed by atoms with van der Waals surface area (Å²) < 4.78 is 46.1. The highest BCUT2D eigenvalue weighted by molar-refractivity contribution is 7.11. The molecule has 0 spiro atoms. The molecule has 0 radical (unpaired) electrons. The van der Waals surface area contributed by atoms with Crippen LogP contribution in [0.1, 0.15) is 18.2 Å². The van der Waals surface area contributed by atoms with Crippen molar-refractivity contribution in [1.82, 2.24) is 4.90 Å². The molecule has 0 saturated carbocycles. The van der Waals surface area contributed by atoms with Crippen LogP contribution in [-0.2, 0) is 14.3 Å². The molecule has 2 amide bonds. The Hall–Kier alpha value is -2.85. The summed E-state index contributed by atoms with van der Waals surface area (Å²) >= 11 is 1.32. The molecule has 1 aliphatic heterocycles. The van der Waals surface area contributed by atoms with Gasteiger partial charge in [-0.3, -0.25) is 14.5 Å². The van der Waals surface area contributed by atoms with Gasteiger partial charge in [0.2, 0.25) is 0 Å². The third-order valence-corrected chi connectivity index (χ3v) is 5.05. The van der Waals surface area contributed by atoms with Gasteiger partial charge in [-0.05, 0) is 49.1 Å². The fourth-order valence-electron chi connectivity index (χ4n) is 2.90. The van der Waals surface area contributed by atoms with Crippen LogP contribution in [0.15, 0.2) is 47.5 Å². The Labute approximate surface area is 174 Å². The quantitative estimate of drug-likeness (QED) is 0.466. The number of hydrogen-bond donors (Lipinski definition) is 1. The molecule has 1 N–H and O–H groups in total. The fourth-order valence-corrected chi connectivity index (χ4v) is 3.67. The number of amides is 2. The number of ether oxygens (including phenoxy) is 2. The Bertz CT molecular complexity index is 925. The molecule has 1 aliphatic rings. The molecular weight excluding hydrogens is 421 g/mol. The van der Waals surface area contributed by atoms with E-state index in [2.05, 4.69) is 10.1 Å². The first kappa shape index (κ1) is 21.8. The minimum atomic E-state index is -4.79. The SMILES string of the molecule is CCOCCCN1C(=O)C(Nc2ccc(OC(F)(F)F)cc2)=C(c2cccs2)C1=O. The van der Waals surface area contributed by atoms with Crippen LogP contribution in [0, 0.1) is 0 Å². The molecule has 30 heavy (non-hydrogen) atoms. The van der Waals surface area contributed by atoms with Crippen molar-refractivity contribution in [1.29, 1.82) is 0 Å². The summed E-state index contributed by atoms with van der Waals surface area (Å²) in [6.07, 6.45) is -4.29. The van der Waals surface area contributed by atoms with Crippen molar-refractivity contribution < 1.29 is 32.2 Å². The highest BCUT2D eigenvalue weighted by Crippen LogP contribution is 2.33. The highest BCUT2D eigenvalue weighted by Gasteiger charge is 2.39. The Morgan fingerprint density at radius 2 is 1.83 bits per heavy atom. The maximum Gasteiger partial charge on any atom is 0.573 e. The van der Waals surface area contributed by atoms with E-state index in [-0.39, 0.29) is 23.6 Å². The van der Waals surface area contributed by atoms with E-state index in [1.54, 1.807) is 17.5 Å². The predicted octanol–water partition coefficient (Wildman–Crippen LogP) is 4.27. The summed E-state index contributed by atoms with van der Waals surface area (Å²) in [4.78, 5) is 27.6. The van der Waals surface area contributed by atoms with Gasteiger partial charge in [-0.15, -0.1) is 24.5 Å². The van der Waals surface area contributed by atoms with Crippen molar-refractivity contribution in [3.05, 3.63) is 52.4 Å². The van der Waals surface area contributed by atoms with Crippen LogP contribution in [-0.4, -0.2) is 42.8 Å². The maximum absolute atomic E-state index is 12.9. The van der Waals surface area contributed by atoms with Crippen molar-refractivity contribution >= 4 is 34.4 Å². The smallest absolute Gasteiger partial charge is 0.406 e. The molecule has 0 atom stereocenters. The van der Waals surface area contributed by atoms with Crippen molar-refractivity contribution in [2.24, 2.45) is 0 Å². The third kappa shape index (κ3) is 5.19. The predicted molar refractivity (Wildman–Crippen MR) is 106 cm³/mol. The van der Waals surface area contributed by atoms with Crippen molar-refractivity contribution in [2.75, 3.05) is 25.1 Å². The van der Waals surface area contributed by atoms with E-state index in [4.69, 9.17) is 4.74 Å². The van der Waals surface area contributed by atoms with Crippen LogP contribution in [0.5, 0.6) is 5.75 Å². The normalized spacial score (nSPS) is 14.6. The van der Waals surface area contributed by atoms with Gasteiger partial charge in [-0.25, -0.2) is 0 Å². The van der Waals surface area contributed by atoms with Crippen LogP contribution in [0.2, 0.25) is 0 Å². The number of imide groups is 1. The second-order valence-corrected chi connectivity index (χ2v) is 7.18. The molecule has 160 valence electrons. The van der Waals surface area contributed by atoms with Gasteiger partial charge in [0.15, 0.2) is 0 Å². The summed E-state index contributed by atoms with van der Waals surface area (Å²) in [5.74, 6) is -1.29. The molecule has 10 heteroatoms. The second kappa shape index (κ2) is 9.31. The number of rotatable bonds is 9. The lowest BCUT2D eigenvalue weighted by Gasteiger charge is -2.15. The van der Waals surface area contributed by atoms with E-state index >= 15 is 0 Å². The summed E-state index contributed by atoms with van der Waals surface area (Å²) in [7, 11) is 0. The van der Waals surface area contributed by atoms with E-state index in [1.807, 2.05) is 6.92 Å². The highest BCUT2D eigenvalue weighted by atomic mass is 32.1. The lowest BCUT2D eigenvalue weighted by molar-refractivity contribution is -0.274. The molecule has 2 aromatic rings. The summed E-state index contributed by atoms with van der Waals surface area (Å²) in [5, 5.41) is 4.68. The number of hydrogen-bond acceptors (Lipinski definition) is 6. The number of halogens is 3. The molecule has 3 rings (SSSR count). The van der Waals surface area contributed by atoms with Crippen LogP contribution >= 0.6 is 11.3 Å². The van der Waals surface area contributed by atoms with Crippen molar-refractivity contribution in [3.8, 4) is 5.75 Å². The summed E-state index contributed by atoms with van der Waals surface area (Å²) in [6.45, 7) is 3.03. The van der Waals surface area contributed by atoms with E-state index in [0.29, 0.717) is 30.2 Å². The van der Waals surface area contributed by atoms with Crippen molar-refractivity contribution in [2.45, 2.75) is 19.7 Å². The van der Waals surface area contributed by atoms with Gasteiger partial charge in [-0.2, -0.15) is 0 Å². The van der Waals surface area contributed by atoms with Crippen molar-refractivity contribution in [3.63, 3.8) is 0 Å². The zero-order chi connectivity index (χ0) is 21.7. The Balaban J connectivity index is 1.82. The number of alkyl halides is 3. The summed E-state index contributed by atoms with van der Waals surface area (Å²) in [6, 6.07) is 8.44. The van der Waals surface area contributed by atoms with Gasteiger partial charge in [0.1, 0.15) is 11.4 Å². The van der Waals surface area contributed by atoms with E-state index in [0.717, 1.165) is 17.0 Å². The van der Waals surface area contributed by atoms with Gasteiger partial charge >= 0.3 is 6.36 Å². The summed E-state index contributed by atoms with van der Waals surface area (Å²) in [5.41, 5.74) is 0.677. The average Bonchev–Trinajstić information content (AvgIpc) is 3.28. The number of nitrogens with zero attached hydrogens (tertiary/aromatic N) is 1. The maximum atomic E-state index is 12.9. The van der Waals surface area contributed by atoms with Crippen LogP contribution in [0.25, 0.3) is 5.57 Å². The van der Waals surface area contributed by atoms with Crippen LogP contribution < -0.4 is 10.1 Å². The number of nitrogens with one attached hydrogen (secondary N) is 1. The molecule has 1 aromatic carbocycles. The number of carbonyl (C=O) groups is 2. The molecule has 6 nitrogen and oxygen atoms in total. The van der Waals surface area contributed by atoms with Crippen LogP contribution in [0.3, 0.4) is 0 Å². The second-order valence-electron chi connectivity index (χ2n) is 6.24.